The molecule has 20 heavy (non-hydrogen) atoms. The normalized spacial score (nSPS) is 12.4. The zero-order valence-corrected chi connectivity index (χ0v) is 12.2. The van der Waals surface area contributed by atoms with E-state index in [1.807, 2.05) is 29.8 Å². The number of hydrogen-bond donors (Lipinski definition) is 1. The SMILES string of the molecule is CCCn1ncnc1CC(O)c1cc(C)ccc1OC. The lowest BCUT2D eigenvalue weighted by Crippen LogP contribution is -2.11. The van der Waals surface area contributed by atoms with Gasteiger partial charge in [-0.3, -0.25) is 4.68 Å². The second-order valence-electron chi connectivity index (χ2n) is 4.86. The third-order valence-corrected chi connectivity index (χ3v) is 3.25. The van der Waals surface area contributed by atoms with E-state index < -0.39 is 6.10 Å². The predicted molar refractivity (Wildman–Crippen MR) is 76.7 cm³/mol. The molecule has 5 heteroatoms. The fourth-order valence-corrected chi connectivity index (χ4v) is 2.24. The van der Waals surface area contributed by atoms with E-state index in [0.717, 1.165) is 29.9 Å². The van der Waals surface area contributed by atoms with Crippen molar-refractivity contribution in [2.75, 3.05) is 7.11 Å². The molecule has 0 saturated carbocycles. The molecule has 0 aliphatic rings. The summed E-state index contributed by atoms with van der Waals surface area (Å²) in [6.45, 7) is 4.90. The van der Waals surface area contributed by atoms with Gasteiger partial charge in [0.2, 0.25) is 0 Å². The summed E-state index contributed by atoms with van der Waals surface area (Å²) in [6.07, 6.45) is 2.30. The van der Waals surface area contributed by atoms with Crippen molar-refractivity contribution < 1.29 is 9.84 Å². The fourth-order valence-electron chi connectivity index (χ4n) is 2.24. The van der Waals surface area contributed by atoms with E-state index in [2.05, 4.69) is 17.0 Å². The highest BCUT2D eigenvalue weighted by molar-refractivity contribution is 5.38. The van der Waals surface area contributed by atoms with Crippen molar-refractivity contribution in [2.45, 2.75) is 39.3 Å². The molecule has 1 unspecified atom stereocenters. The quantitative estimate of drug-likeness (QED) is 0.878. The first-order valence-electron chi connectivity index (χ1n) is 6.85. The molecule has 0 radical (unpaired) electrons. The number of nitrogens with zero attached hydrogens (tertiary/aromatic N) is 3. The highest BCUT2D eigenvalue weighted by Crippen LogP contribution is 2.28. The lowest BCUT2D eigenvalue weighted by atomic mass is 10.0. The minimum Gasteiger partial charge on any atom is -0.496 e. The van der Waals surface area contributed by atoms with Crippen LogP contribution in [0.25, 0.3) is 0 Å². The predicted octanol–water partition coefficient (Wildman–Crippen LogP) is 2.28. The third-order valence-electron chi connectivity index (χ3n) is 3.25. The van der Waals surface area contributed by atoms with E-state index in [-0.39, 0.29) is 0 Å². The van der Waals surface area contributed by atoms with E-state index >= 15 is 0 Å². The van der Waals surface area contributed by atoms with Crippen LogP contribution in [0.2, 0.25) is 0 Å². The van der Waals surface area contributed by atoms with E-state index in [1.54, 1.807) is 7.11 Å². The molecule has 1 aromatic heterocycles. The minimum atomic E-state index is -0.648. The maximum absolute atomic E-state index is 10.5. The van der Waals surface area contributed by atoms with Crippen molar-refractivity contribution in [3.05, 3.63) is 41.5 Å². The molecule has 5 nitrogen and oxygen atoms in total. The number of aryl methyl sites for hydroxylation is 2. The Morgan fingerprint density at radius 3 is 2.90 bits per heavy atom. The van der Waals surface area contributed by atoms with E-state index in [0.29, 0.717) is 12.2 Å². The van der Waals surface area contributed by atoms with Gasteiger partial charge in [-0.1, -0.05) is 18.6 Å². The van der Waals surface area contributed by atoms with Crippen molar-refractivity contribution >= 4 is 0 Å². The van der Waals surface area contributed by atoms with Crippen LogP contribution in [0.15, 0.2) is 24.5 Å². The van der Waals surface area contributed by atoms with Gasteiger partial charge in [0.05, 0.1) is 13.2 Å². The first-order chi connectivity index (χ1) is 9.65. The lowest BCUT2D eigenvalue weighted by molar-refractivity contribution is 0.169. The molecule has 1 heterocycles. The zero-order valence-electron chi connectivity index (χ0n) is 12.2. The number of hydrogen-bond acceptors (Lipinski definition) is 4. The van der Waals surface area contributed by atoms with Gasteiger partial charge in [0.25, 0.3) is 0 Å². The number of ether oxygens (including phenoxy) is 1. The van der Waals surface area contributed by atoms with Gasteiger partial charge >= 0.3 is 0 Å². The highest BCUT2D eigenvalue weighted by Gasteiger charge is 2.17. The van der Waals surface area contributed by atoms with Gasteiger partial charge in [-0.15, -0.1) is 0 Å². The number of rotatable bonds is 6. The van der Waals surface area contributed by atoms with Crippen LogP contribution in [0.1, 0.15) is 36.4 Å². The summed E-state index contributed by atoms with van der Waals surface area (Å²) in [4.78, 5) is 4.23. The molecular weight excluding hydrogens is 254 g/mol. The Hall–Kier alpha value is -1.88. The van der Waals surface area contributed by atoms with Crippen LogP contribution < -0.4 is 4.74 Å². The summed E-state index contributed by atoms with van der Waals surface area (Å²) in [5.74, 6) is 1.49. The topological polar surface area (TPSA) is 60.2 Å². The Labute approximate surface area is 119 Å². The molecule has 0 spiro atoms. The number of aromatic nitrogens is 3. The molecular formula is C15H21N3O2. The summed E-state index contributed by atoms with van der Waals surface area (Å²) >= 11 is 0. The summed E-state index contributed by atoms with van der Waals surface area (Å²) in [6, 6.07) is 5.79. The van der Waals surface area contributed by atoms with Crippen LogP contribution in [0.4, 0.5) is 0 Å². The Kier molecular flexibility index (Phi) is 4.74. The first-order valence-corrected chi connectivity index (χ1v) is 6.85. The fraction of sp³-hybridized carbons (Fsp3) is 0.467. The number of benzene rings is 1. The van der Waals surface area contributed by atoms with Gasteiger partial charge in [0.1, 0.15) is 17.9 Å². The second-order valence-corrected chi connectivity index (χ2v) is 4.86. The summed E-state index contributed by atoms with van der Waals surface area (Å²) < 4.78 is 7.15. The lowest BCUT2D eigenvalue weighted by Gasteiger charge is -2.15. The summed E-state index contributed by atoms with van der Waals surface area (Å²) in [5.41, 5.74) is 1.88. The van der Waals surface area contributed by atoms with Gasteiger partial charge in [0.15, 0.2) is 0 Å². The van der Waals surface area contributed by atoms with Crippen molar-refractivity contribution in [1.29, 1.82) is 0 Å². The van der Waals surface area contributed by atoms with E-state index in [4.69, 9.17) is 4.74 Å². The summed E-state index contributed by atoms with van der Waals surface area (Å²) in [5, 5.41) is 14.6. The number of aliphatic hydroxyl groups excluding tert-OH is 1. The monoisotopic (exact) mass is 275 g/mol. The van der Waals surface area contributed by atoms with Crippen LogP contribution in [-0.4, -0.2) is 27.0 Å². The maximum Gasteiger partial charge on any atom is 0.138 e. The van der Waals surface area contributed by atoms with Crippen LogP contribution in [0.3, 0.4) is 0 Å². The molecule has 0 amide bonds. The van der Waals surface area contributed by atoms with Gasteiger partial charge in [-0.25, -0.2) is 4.98 Å². The molecule has 108 valence electrons. The minimum absolute atomic E-state index is 0.430. The molecule has 0 fully saturated rings. The van der Waals surface area contributed by atoms with E-state index in [9.17, 15) is 5.11 Å². The average molecular weight is 275 g/mol. The van der Waals surface area contributed by atoms with Gasteiger partial charge in [-0.05, 0) is 25.5 Å². The van der Waals surface area contributed by atoms with Gasteiger partial charge < -0.3 is 9.84 Å². The van der Waals surface area contributed by atoms with Crippen molar-refractivity contribution in [1.82, 2.24) is 14.8 Å². The summed E-state index contributed by atoms with van der Waals surface area (Å²) in [7, 11) is 1.61. The molecule has 1 atom stereocenters. The van der Waals surface area contributed by atoms with Crippen LogP contribution >= 0.6 is 0 Å². The molecule has 1 aromatic carbocycles. The van der Waals surface area contributed by atoms with Crippen LogP contribution in [0, 0.1) is 6.92 Å². The Balaban J connectivity index is 2.21. The first kappa shape index (κ1) is 14.5. The Morgan fingerprint density at radius 1 is 1.40 bits per heavy atom. The van der Waals surface area contributed by atoms with Gasteiger partial charge in [0, 0.05) is 18.5 Å². The molecule has 0 saturated heterocycles. The van der Waals surface area contributed by atoms with Crippen molar-refractivity contribution in [2.24, 2.45) is 0 Å². The Morgan fingerprint density at radius 2 is 2.20 bits per heavy atom. The third kappa shape index (κ3) is 3.17. The molecule has 2 rings (SSSR count). The highest BCUT2D eigenvalue weighted by atomic mass is 16.5. The average Bonchev–Trinajstić information content (AvgIpc) is 2.86. The van der Waals surface area contributed by atoms with Crippen LogP contribution in [0.5, 0.6) is 5.75 Å². The van der Waals surface area contributed by atoms with Crippen molar-refractivity contribution in [3.8, 4) is 5.75 Å². The molecule has 0 aliphatic carbocycles. The van der Waals surface area contributed by atoms with Crippen LogP contribution in [-0.2, 0) is 13.0 Å². The second kappa shape index (κ2) is 6.52. The number of methoxy groups -OCH3 is 1. The zero-order chi connectivity index (χ0) is 14.5. The maximum atomic E-state index is 10.5. The largest absolute Gasteiger partial charge is 0.496 e. The molecule has 0 aliphatic heterocycles. The van der Waals surface area contributed by atoms with Gasteiger partial charge in [-0.2, -0.15) is 5.10 Å². The molecule has 0 bridgehead atoms. The smallest absolute Gasteiger partial charge is 0.138 e. The molecule has 1 N–H and O–H groups in total. The van der Waals surface area contributed by atoms with E-state index in [1.165, 1.54) is 6.33 Å². The van der Waals surface area contributed by atoms with Crippen molar-refractivity contribution in [3.63, 3.8) is 0 Å². The number of aliphatic hydroxyl groups is 1. The Bertz CT molecular complexity index is 566. The molecule has 2 aromatic rings. The standard InChI is InChI=1S/C15H21N3O2/c1-4-7-18-15(16-10-17-18)9-13(19)12-8-11(2)5-6-14(12)20-3/h5-6,8,10,13,19H,4,7,9H2,1-3H3.